The van der Waals surface area contributed by atoms with E-state index in [4.69, 9.17) is 0 Å². The van der Waals surface area contributed by atoms with Gasteiger partial charge in [0.25, 0.3) is 0 Å². The molecule has 0 aromatic rings. The van der Waals surface area contributed by atoms with E-state index in [0.717, 1.165) is 7.11 Å². The molecule has 0 heterocycles. The van der Waals surface area contributed by atoms with Gasteiger partial charge < -0.3 is 9.47 Å². The fourth-order valence-corrected chi connectivity index (χ4v) is 0.440. The third-order valence-corrected chi connectivity index (χ3v) is 1.00. The Labute approximate surface area is 70.8 Å². The molecule has 0 unspecified atom stereocenters. The molecule has 66 valence electrons. The molecule has 0 aromatic heterocycles. The molecule has 0 saturated heterocycles. The smallest absolute Gasteiger partial charge is 0.387 e. The number of hydrogen-bond donors (Lipinski definition) is 0. The van der Waals surface area contributed by atoms with E-state index in [1.165, 1.54) is 7.11 Å². The van der Waals surface area contributed by atoms with Gasteiger partial charge in [0, 0.05) is 13.5 Å². The summed E-state index contributed by atoms with van der Waals surface area (Å²) in [4.78, 5) is 21.1. The van der Waals surface area contributed by atoms with E-state index < -0.39 is 11.8 Å². The average Bonchev–Trinajstić information content (AvgIpc) is 2.10. The Balaban J connectivity index is 3.79. The summed E-state index contributed by atoms with van der Waals surface area (Å²) < 4.78 is 8.83. The first-order valence-electron chi connectivity index (χ1n) is 3.32. The van der Waals surface area contributed by atoms with Crippen molar-refractivity contribution in [1.29, 1.82) is 0 Å². The molecule has 0 aromatic carbocycles. The minimum absolute atomic E-state index is 0.430. The van der Waals surface area contributed by atoms with Crippen molar-refractivity contribution >= 4 is 11.8 Å². The zero-order valence-electron chi connectivity index (χ0n) is 7.05. The predicted octanol–water partition coefficient (Wildman–Crippen LogP) is -0.232. The quantitative estimate of drug-likeness (QED) is 0.193. The molecule has 0 amide bonds. The van der Waals surface area contributed by atoms with E-state index in [2.05, 4.69) is 21.3 Å². The summed E-state index contributed by atoms with van der Waals surface area (Å²) in [7, 11) is 2.67. The lowest BCUT2D eigenvalue weighted by Crippen LogP contribution is -2.12. The fraction of sp³-hybridized carbons (Fsp3) is 0.500. The Hall–Kier alpha value is -1.34. The van der Waals surface area contributed by atoms with Gasteiger partial charge in [0.2, 0.25) is 0 Å². The van der Waals surface area contributed by atoms with Crippen LogP contribution in [0.15, 0.2) is 0 Å². The molecule has 12 heavy (non-hydrogen) atoms. The molecule has 0 saturated carbocycles. The van der Waals surface area contributed by atoms with Crippen molar-refractivity contribution in [1.82, 2.24) is 0 Å². The van der Waals surface area contributed by atoms with Crippen molar-refractivity contribution in [2.45, 2.75) is 6.42 Å². The number of carbonyl (C=O) groups excluding carboxylic acids is 2. The first-order chi connectivity index (χ1) is 5.72. The maximum Gasteiger partial charge on any atom is 0.387 e. The van der Waals surface area contributed by atoms with Gasteiger partial charge in [-0.25, -0.2) is 4.79 Å². The first-order valence-corrected chi connectivity index (χ1v) is 3.32. The minimum Gasteiger partial charge on any atom is -0.463 e. The van der Waals surface area contributed by atoms with Crippen LogP contribution in [-0.2, 0) is 19.1 Å². The Bertz CT molecular complexity index is 221. The summed E-state index contributed by atoms with van der Waals surface area (Å²) in [5.74, 6) is 2.84. The normalized spacial score (nSPS) is 8.17. The molecule has 0 aliphatic heterocycles. The van der Waals surface area contributed by atoms with E-state index in [1.54, 1.807) is 0 Å². The Morgan fingerprint density at radius 1 is 1.33 bits per heavy atom. The molecule has 0 spiro atoms. The molecule has 0 radical (unpaired) electrons. The maximum absolute atomic E-state index is 10.6. The summed E-state index contributed by atoms with van der Waals surface area (Å²) in [5.41, 5.74) is 0. The van der Waals surface area contributed by atoms with Crippen molar-refractivity contribution in [3.05, 3.63) is 0 Å². The maximum atomic E-state index is 10.6. The fourth-order valence-electron chi connectivity index (χ4n) is 0.440. The van der Waals surface area contributed by atoms with Crippen LogP contribution >= 0.6 is 0 Å². The molecule has 0 aliphatic rings. The highest BCUT2D eigenvalue weighted by Crippen LogP contribution is 1.78. The molecule has 0 rings (SSSR count). The molecule has 0 fully saturated rings. The van der Waals surface area contributed by atoms with E-state index in [0.29, 0.717) is 13.0 Å². The first kappa shape index (κ1) is 10.7. The molecular formula is C8H10O4. The number of ketones is 1. The van der Waals surface area contributed by atoms with Crippen molar-refractivity contribution in [3.63, 3.8) is 0 Å². The highest BCUT2D eigenvalue weighted by Gasteiger charge is 2.08. The summed E-state index contributed by atoms with van der Waals surface area (Å²) in [6, 6.07) is 0. The van der Waals surface area contributed by atoms with Crippen LogP contribution < -0.4 is 0 Å². The Kier molecular flexibility index (Phi) is 5.66. The highest BCUT2D eigenvalue weighted by atomic mass is 16.5. The number of hydrogen-bond acceptors (Lipinski definition) is 4. The van der Waals surface area contributed by atoms with Crippen molar-refractivity contribution in [2.24, 2.45) is 0 Å². The highest BCUT2D eigenvalue weighted by molar-refractivity contribution is 6.40. The van der Waals surface area contributed by atoms with Crippen LogP contribution in [0.1, 0.15) is 6.42 Å². The largest absolute Gasteiger partial charge is 0.463 e. The lowest BCUT2D eigenvalue weighted by molar-refractivity contribution is -0.149. The van der Waals surface area contributed by atoms with Crippen molar-refractivity contribution in [3.8, 4) is 11.8 Å². The van der Waals surface area contributed by atoms with Crippen LogP contribution in [0.4, 0.5) is 0 Å². The molecule has 0 aliphatic carbocycles. The van der Waals surface area contributed by atoms with E-state index in [1.807, 2.05) is 0 Å². The van der Waals surface area contributed by atoms with E-state index >= 15 is 0 Å². The molecule has 0 atom stereocenters. The molecule has 4 nitrogen and oxygen atoms in total. The minimum atomic E-state index is -0.931. The topological polar surface area (TPSA) is 52.6 Å². The van der Waals surface area contributed by atoms with Gasteiger partial charge in [-0.3, -0.25) is 4.79 Å². The van der Waals surface area contributed by atoms with E-state index in [9.17, 15) is 9.59 Å². The van der Waals surface area contributed by atoms with Crippen LogP contribution in [-0.4, -0.2) is 32.6 Å². The Morgan fingerprint density at radius 3 is 2.50 bits per heavy atom. The van der Waals surface area contributed by atoms with Gasteiger partial charge in [-0.15, -0.1) is 0 Å². The number of rotatable bonds is 3. The van der Waals surface area contributed by atoms with Crippen molar-refractivity contribution in [2.75, 3.05) is 20.8 Å². The third kappa shape index (κ3) is 4.47. The monoisotopic (exact) mass is 170 g/mol. The zero-order valence-corrected chi connectivity index (χ0v) is 7.05. The molecular weight excluding hydrogens is 160 g/mol. The summed E-state index contributed by atoms with van der Waals surface area (Å²) in [6.45, 7) is 0.446. The summed E-state index contributed by atoms with van der Waals surface area (Å²) in [5, 5.41) is 0. The summed E-state index contributed by atoms with van der Waals surface area (Å²) >= 11 is 0. The lowest BCUT2D eigenvalue weighted by Gasteiger charge is -1.89. The predicted molar refractivity (Wildman–Crippen MR) is 41.3 cm³/mol. The van der Waals surface area contributed by atoms with Gasteiger partial charge in [0.15, 0.2) is 0 Å². The SMILES string of the molecule is COCCC#CC(=O)C(=O)OC. The van der Waals surface area contributed by atoms with Crippen molar-refractivity contribution < 1.29 is 19.1 Å². The average molecular weight is 170 g/mol. The van der Waals surface area contributed by atoms with Crippen LogP contribution in [0.25, 0.3) is 0 Å². The summed E-state index contributed by atoms with van der Waals surface area (Å²) in [6.07, 6.45) is 0.430. The second-order valence-corrected chi connectivity index (χ2v) is 1.87. The van der Waals surface area contributed by atoms with Crippen LogP contribution in [0.5, 0.6) is 0 Å². The van der Waals surface area contributed by atoms with Gasteiger partial charge >= 0.3 is 11.8 Å². The van der Waals surface area contributed by atoms with Gasteiger partial charge in [0.1, 0.15) is 0 Å². The van der Waals surface area contributed by atoms with Gasteiger partial charge in [-0.1, -0.05) is 5.92 Å². The molecule has 0 N–H and O–H groups in total. The number of ether oxygens (including phenoxy) is 2. The second kappa shape index (κ2) is 6.38. The number of carbonyl (C=O) groups is 2. The number of Topliss-reactive ketones (excluding diaryl/α,β-unsaturated/α-hetero) is 1. The van der Waals surface area contributed by atoms with E-state index in [-0.39, 0.29) is 0 Å². The Morgan fingerprint density at radius 2 is 2.00 bits per heavy atom. The van der Waals surface area contributed by atoms with Gasteiger partial charge in [0.05, 0.1) is 13.7 Å². The van der Waals surface area contributed by atoms with Crippen LogP contribution in [0, 0.1) is 11.8 Å². The standard InChI is InChI=1S/C8H10O4/c1-11-6-4-3-5-7(9)8(10)12-2/h4,6H2,1-2H3. The van der Waals surface area contributed by atoms with Gasteiger partial charge in [-0.05, 0) is 5.92 Å². The second-order valence-electron chi connectivity index (χ2n) is 1.87. The van der Waals surface area contributed by atoms with Crippen LogP contribution in [0.3, 0.4) is 0 Å². The number of esters is 1. The third-order valence-electron chi connectivity index (χ3n) is 1.00. The van der Waals surface area contributed by atoms with Crippen LogP contribution in [0.2, 0.25) is 0 Å². The van der Waals surface area contributed by atoms with Gasteiger partial charge in [-0.2, -0.15) is 0 Å². The molecule has 4 heteroatoms. The zero-order chi connectivity index (χ0) is 9.40. The lowest BCUT2D eigenvalue weighted by atomic mass is 10.3. The molecule has 0 bridgehead atoms. The number of methoxy groups -OCH3 is 2.